The van der Waals surface area contributed by atoms with Crippen LogP contribution < -0.4 is 10.2 Å². The van der Waals surface area contributed by atoms with Gasteiger partial charge in [0.2, 0.25) is 11.8 Å². The van der Waals surface area contributed by atoms with E-state index in [-0.39, 0.29) is 18.2 Å². The first-order valence-corrected chi connectivity index (χ1v) is 6.73. The lowest BCUT2D eigenvalue weighted by molar-refractivity contribution is -0.124. The number of benzene rings is 1. The summed E-state index contributed by atoms with van der Waals surface area (Å²) in [6, 6.07) is 11.0. The third kappa shape index (κ3) is 2.50. The van der Waals surface area contributed by atoms with E-state index in [2.05, 4.69) is 10.3 Å². The lowest BCUT2D eigenvalue weighted by Gasteiger charge is -2.30. The first kappa shape index (κ1) is 13.3. The molecule has 5 nitrogen and oxygen atoms in total. The maximum atomic E-state index is 12.5. The Morgan fingerprint density at radius 3 is 2.71 bits per heavy atom. The second-order valence-corrected chi connectivity index (χ2v) is 4.99. The van der Waals surface area contributed by atoms with Gasteiger partial charge in [-0.25, -0.2) is 0 Å². The number of amides is 2. The molecule has 0 saturated carbocycles. The standard InChI is InChI=1S/C16H15N3O2/c1-19-14-5-3-2-4-12(14)13(10-15(19)20)16(21)18-11-6-8-17-9-7-11/h2-9,13H,10H2,1H3,(H,17,18,21)/t13-/m0/s1. The Labute approximate surface area is 122 Å². The van der Waals surface area contributed by atoms with E-state index in [1.54, 1.807) is 36.5 Å². The van der Waals surface area contributed by atoms with Crippen LogP contribution in [0.15, 0.2) is 48.8 Å². The smallest absolute Gasteiger partial charge is 0.232 e. The molecule has 0 fully saturated rings. The van der Waals surface area contributed by atoms with Crippen LogP contribution in [-0.2, 0) is 9.59 Å². The monoisotopic (exact) mass is 281 g/mol. The van der Waals surface area contributed by atoms with Crippen molar-refractivity contribution in [2.45, 2.75) is 12.3 Å². The van der Waals surface area contributed by atoms with Gasteiger partial charge in [-0.15, -0.1) is 0 Å². The zero-order chi connectivity index (χ0) is 14.8. The lowest BCUT2D eigenvalue weighted by atomic mass is 9.89. The zero-order valence-corrected chi connectivity index (χ0v) is 11.6. The predicted molar refractivity (Wildman–Crippen MR) is 80.1 cm³/mol. The van der Waals surface area contributed by atoms with E-state index in [9.17, 15) is 9.59 Å². The summed E-state index contributed by atoms with van der Waals surface area (Å²) in [5, 5.41) is 2.84. The summed E-state index contributed by atoms with van der Waals surface area (Å²) in [5.74, 6) is -0.684. The Balaban J connectivity index is 1.90. The molecular weight excluding hydrogens is 266 g/mol. The fourth-order valence-corrected chi connectivity index (χ4v) is 2.54. The number of nitrogens with zero attached hydrogens (tertiary/aromatic N) is 2. The predicted octanol–water partition coefficient (Wildman–Crippen LogP) is 2.17. The fraction of sp³-hybridized carbons (Fsp3) is 0.188. The minimum atomic E-state index is -0.460. The number of carbonyl (C=O) groups excluding carboxylic acids is 2. The van der Waals surface area contributed by atoms with Crippen molar-refractivity contribution in [3.8, 4) is 0 Å². The SMILES string of the molecule is CN1C(=O)C[C@H](C(=O)Nc2ccncc2)c2ccccc21. The number of rotatable bonds is 2. The largest absolute Gasteiger partial charge is 0.325 e. The van der Waals surface area contributed by atoms with E-state index < -0.39 is 5.92 Å². The number of carbonyl (C=O) groups is 2. The lowest BCUT2D eigenvalue weighted by Crippen LogP contribution is -2.37. The Morgan fingerprint density at radius 2 is 1.95 bits per heavy atom. The molecule has 21 heavy (non-hydrogen) atoms. The number of pyridine rings is 1. The van der Waals surface area contributed by atoms with E-state index in [4.69, 9.17) is 0 Å². The van der Waals surface area contributed by atoms with Gasteiger partial charge in [-0.05, 0) is 23.8 Å². The van der Waals surface area contributed by atoms with Crippen LogP contribution in [0.2, 0.25) is 0 Å². The normalized spacial score (nSPS) is 17.3. The van der Waals surface area contributed by atoms with Crippen LogP contribution >= 0.6 is 0 Å². The summed E-state index contributed by atoms with van der Waals surface area (Å²) in [7, 11) is 1.73. The Kier molecular flexibility index (Phi) is 3.39. The molecule has 106 valence electrons. The minimum Gasteiger partial charge on any atom is -0.325 e. The molecule has 0 saturated heterocycles. The van der Waals surface area contributed by atoms with E-state index in [0.717, 1.165) is 11.3 Å². The quantitative estimate of drug-likeness (QED) is 0.917. The highest BCUT2D eigenvalue weighted by molar-refractivity contribution is 6.05. The van der Waals surface area contributed by atoms with Crippen molar-refractivity contribution in [2.75, 3.05) is 17.3 Å². The fourth-order valence-electron chi connectivity index (χ4n) is 2.54. The summed E-state index contributed by atoms with van der Waals surface area (Å²) in [6.45, 7) is 0. The molecule has 0 spiro atoms. The number of nitrogens with one attached hydrogen (secondary N) is 1. The van der Waals surface area contributed by atoms with Crippen molar-refractivity contribution in [3.05, 3.63) is 54.4 Å². The van der Waals surface area contributed by atoms with Crippen LogP contribution in [0.3, 0.4) is 0 Å². The van der Waals surface area contributed by atoms with E-state index >= 15 is 0 Å². The molecule has 1 aliphatic heterocycles. The van der Waals surface area contributed by atoms with Gasteiger partial charge in [0.05, 0.1) is 5.92 Å². The second-order valence-electron chi connectivity index (χ2n) is 4.99. The van der Waals surface area contributed by atoms with Gasteiger partial charge in [-0.3, -0.25) is 14.6 Å². The molecule has 0 bridgehead atoms. The highest BCUT2D eigenvalue weighted by Gasteiger charge is 2.33. The van der Waals surface area contributed by atoms with E-state index in [1.165, 1.54) is 0 Å². The molecule has 1 aromatic carbocycles. The Morgan fingerprint density at radius 1 is 1.24 bits per heavy atom. The highest BCUT2D eigenvalue weighted by atomic mass is 16.2. The molecule has 1 aromatic heterocycles. The van der Waals surface area contributed by atoms with Crippen LogP contribution in [0, 0.1) is 0 Å². The number of hydrogen-bond donors (Lipinski definition) is 1. The maximum Gasteiger partial charge on any atom is 0.232 e. The third-order valence-corrected chi connectivity index (χ3v) is 3.69. The number of para-hydroxylation sites is 1. The van der Waals surface area contributed by atoms with Gasteiger partial charge < -0.3 is 10.2 Å². The first-order valence-electron chi connectivity index (χ1n) is 6.73. The molecule has 2 aromatic rings. The molecule has 1 N–H and O–H groups in total. The number of anilines is 2. The zero-order valence-electron chi connectivity index (χ0n) is 11.6. The van der Waals surface area contributed by atoms with Gasteiger partial charge in [0.1, 0.15) is 0 Å². The Hall–Kier alpha value is -2.69. The minimum absolute atomic E-state index is 0.0522. The van der Waals surface area contributed by atoms with Crippen molar-refractivity contribution < 1.29 is 9.59 Å². The van der Waals surface area contributed by atoms with Gasteiger partial charge in [-0.1, -0.05) is 18.2 Å². The van der Waals surface area contributed by atoms with Crippen molar-refractivity contribution in [2.24, 2.45) is 0 Å². The van der Waals surface area contributed by atoms with Gasteiger partial charge in [-0.2, -0.15) is 0 Å². The molecule has 2 amide bonds. The summed E-state index contributed by atoms with van der Waals surface area (Å²) >= 11 is 0. The molecule has 1 aliphatic rings. The molecular formula is C16H15N3O2. The highest BCUT2D eigenvalue weighted by Crippen LogP contribution is 2.35. The summed E-state index contributed by atoms with van der Waals surface area (Å²) < 4.78 is 0. The van der Waals surface area contributed by atoms with Crippen LogP contribution in [0.5, 0.6) is 0 Å². The number of hydrogen-bond acceptors (Lipinski definition) is 3. The van der Waals surface area contributed by atoms with Gasteiger partial charge in [0, 0.05) is 37.2 Å². The van der Waals surface area contributed by atoms with E-state index in [1.807, 2.05) is 24.3 Å². The summed E-state index contributed by atoms with van der Waals surface area (Å²) in [4.78, 5) is 30.1. The molecule has 5 heteroatoms. The van der Waals surface area contributed by atoms with Crippen molar-refractivity contribution in [3.63, 3.8) is 0 Å². The Bertz CT molecular complexity index is 685. The second kappa shape index (κ2) is 5.36. The number of aromatic nitrogens is 1. The first-order chi connectivity index (χ1) is 10.2. The molecule has 3 rings (SSSR count). The molecule has 2 heterocycles. The van der Waals surface area contributed by atoms with Gasteiger partial charge >= 0.3 is 0 Å². The van der Waals surface area contributed by atoms with Crippen LogP contribution in [0.4, 0.5) is 11.4 Å². The summed E-state index contributed by atoms with van der Waals surface area (Å²) in [5.41, 5.74) is 2.36. The maximum absolute atomic E-state index is 12.5. The third-order valence-electron chi connectivity index (χ3n) is 3.69. The van der Waals surface area contributed by atoms with Gasteiger partial charge in [0.25, 0.3) is 0 Å². The van der Waals surface area contributed by atoms with Crippen LogP contribution in [0.25, 0.3) is 0 Å². The van der Waals surface area contributed by atoms with Crippen molar-refractivity contribution in [1.29, 1.82) is 0 Å². The van der Waals surface area contributed by atoms with Gasteiger partial charge in [0.15, 0.2) is 0 Å². The topological polar surface area (TPSA) is 62.3 Å². The number of fused-ring (bicyclic) bond motifs is 1. The molecule has 0 unspecified atom stereocenters. The van der Waals surface area contributed by atoms with Crippen molar-refractivity contribution >= 4 is 23.2 Å². The molecule has 0 aliphatic carbocycles. The average Bonchev–Trinajstić information content (AvgIpc) is 2.52. The van der Waals surface area contributed by atoms with Crippen molar-refractivity contribution in [1.82, 2.24) is 4.98 Å². The van der Waals surface area contributed by atoms with Crippen LogP contribution in [0.1, 0.15) is 17.9 Å². The average molecular weight is 281 g/mol. The molecule has 1 atom stereocenters. The van der Waals surface area contributed by atoms with Crippen LogP contribution in [-0.4, -0.2) is 23.8 Å². The molecule has 0 radical (unpaired) electrons. The van der Waals surface area contributed by atoms with E-state index in [0.29, 0.717) is 5.69 Å². The summed E-state index contributed by atoms with van der Waals surface area (Å²) in [6.07, 6.45) is 3.41.